The van der Waals surface area contributed by atoms with Crippen LogP contribution in [0.5, 0.6) is 5.75 Å². The second kappa shape index (κ2) is 12.1. The Bertz CT molecular complexity index is 759. The molecule has 1 N–H and O–H groups in total. The number of nitro groups is 1. The van der Waals surface area contributed by atoms with Crippen molar-refractivity contribution in [3.8, 4) is 5.75 Å². The molecule has 1 aliphatic heterocycles. The van der Waals surface area contributed by atoms with E-state index in [2.05, 4.69) is 39.5 Å². The van der Waals surface area contributed by atoms with Gasteiger partial charge in [0, 0.05) is 19.2 Å². The van der Waals surface area contributed by atoms with Gasteiger partial charge in [0.2, 0.25) is 0 Å². The minimum absolute atomic E-state index is 0.00924. The Hall–Kier alpha value is -2.67. The third-order valence-corrected chi connectivity index (χ3v) is 5.42. The van der Waals surface area contributed by atoms with Crippen molar-refractivity contribution < 1.29 is 9.66 Å². The van der Waals surface area contributed by atoms with E-state index in [1.54, 1.807) is 6.07 Å². The van der Waals surface area contributed by atoms with Gasteiger partial charge in [-0.15, -0.1) is 0 Å². The Balaban J connectivity index is 1.25. The molecule has 0 radical (unpaired) electrons. The topological polar surface area (TPSA) is 80.5 Å². The molecule has 0 bridgehead atoms. The monoisotopic (exact) mass is 412 g/mol. The van der Waals surface area contributed by atoms with E-state index in [1.165, 1.54) is 50.2 Å². The molecule has 162 valence electrons. The van der Waals surface area contributed by atoms with Gasteiger partial charge in [0.15, 0.2) is 0 Å². The number of aryl methyl sites for hydroxylation is 1. The lowest BCUT2D eigenvalue weighted by molar-refractivity contribution is -0.385. The van der Waals surface area contributed by atoms with Gasteiger partial charge in [0.05, 0.1) is 11.5 Å². The first kappa shape index (κ1) is 22.0. The van der Waals surface area contributed by atoms with E-state index >= 15 is 0 Å². The highest BCUT2D eigenvalue weighted by Gasteiger charge is 2.09. The van der Waals surface area contributed by atoms with Gasteiger partial charge in [-0.05, 0) is 75.4 Å². The number of aromatic nitrogens is 1. The summed E-state index contributed by atoms with van der Waals surface area (Å²) in [7, 11) is 0. The number of unbranched alkanes of at least 4 members (excludes halogenated alkanes) is 1. The molecule has 0 saturated carbocycles. The summed E-state index contributed by atoms with van der Waals surface area (Å²) in [5, 5.41) is 13.8. The highest BCUT2D eigenvalue weighted by Crippen LogP contribution is 2.15. The van der Waals surface area contributed by atoms with Gasteiger partial charge in [-0.25, -0.2) is 4.98 Å². The van der Waals surface area contributed by atoms with E-state index < -0.39 is 4.92 Å². The van der Waals surface area contributed by atoms with Crippen LogP contribution in [0, 0.1) is 10.1 Å². The smallest absolute Gasteiger partial charge is 0.287 e. The molecule has 1 fully saturated rings. The molecule has 0 atom stereocenters. The summed E-state index contributed by atoms with van der Waals surface area (Å²) in [6, 6.07) is 11.5. The number of ether oxygens (including phenoxy) is 1. The van der Waals surface area contributed by atoms with Gasteiger partial charge in [0.1, 0.15) is 17.8 Å². The summed E-state index contributed by atoms with van der Waals surface area (Å²) in [6.45, 7) is 5.20. The highest BCUT2D eigenvalue weighted by molar-refractivity contribution is 5.39. The lowest BCUT2D eigenvalue weighted by Crippen LogP contribution is -2.31. The maximum Gasteiger partial charge on any atom is 0.287 e. The van der Waals surface area contributed by atoms with E-state index in [-0.39, 0.29) is 5.69 Å². The van der Waals surface area contributed by atoms with Crippen LogP contribution >= 0.6 is 0 Å². The number of hydrogen-bond acceptors (Lipinski definition) is 6. The Kier molecular flexibility index (Phi) is 8.90. The van der Waals surface area contributed by atoms with Crippen LogP contribution in [0.2, 0.25) is 0 Å². The zero-order valence-corrected chi connectivity index (χ0v) is 17.6. The molecular weight excluding hydrogens is 380 g/mol. The maximum absolute atomic E-state index is 10.6. The summed E-state index contributed by atoms with van der Waals surface area (Å²) in [4.78, 5) is 16.8. The molecular formula is C23H32N4O3. The minimum atomic E-state index is -0.442. The van der Waals surface area contributed by atoms with Crippen LogP contribution in [0.15, 0.2) is 42.6 Å². The normalized spacial score (nSPS) is 14.4. The van der Waals surface area contributed by atoms with Crippen molar-refractivity contribution in [1.29, 1.82) is 0 Å². The fourth-order valence-electron chi connectivity index (χ4n) is 3.68. The molecule has 0 aliphatic carbocycles. The van der Waals surface area contributed by atoms with Gasteiger partial charge >= 0.3 is 0 Å². The SMILES string of the molecule is O=[N+]([O-])c1ccc(NCCCCc2ccc(OCCCN3CCCCC3)cc2)nc1. The molecule has 0 spiro atoms. The van der Waals surface area contributed by atoms with Crippen LogP contribution in [0.25, 0.3) is 0 Å². The molecule has 1 aliphatic rings. The van der Waals surface area contributed by atoms with Crippen LogP contribution in [0.1, 0.15) is 44.1 Å². The molecule has 7 nitrogen and oxygen atoms in total. The Morgan fingerprint density at radius 2 is 1.83 bits per heavy atom. The van der Waals surface area contributed by atoms with Crippen molar-refractivity contribution in [2.24, 2.45) is 0 Å². The molecule has 1 saturated heterocycles. The lowest BCUT2D eigenvalue weighted by Gasteiger charge is -2.26. The van der Waals surface area contributed by atoms with Crippen molar-refractivity contribution in [2.75, 3.05) is 38.1 Å². The van der Waals surface area contributed by atoms with Crippen LogP contribution < -0.4 is 10.1 Å². The molecule has 2 aromatic rings. The molecule has 7 heteroatoms. The van der Waals surface area contributed by atoms with Crippen molar-refractivity contribution in [3.63, 3.8) is 0 Å². The minimum Gasteiger partial charge on any atom is -0.494 e. The number of piperidine rings is 1. The zero-order valence-electron chi connectivity index (χ0n) is 17.6. The summed E-state index contributed by atoms with van der Waals surface area (Å²) < 4.78 is 5.88. The van der Waals surface area contributed by atoms with Crippen molar-refractivity contribution >= 4 is 11.5 Å². The van der Waals surface area contributed by atoms with Crippen molar-refractivity contribution in [3.05, 3.63) is 58.3 Å². The van der Waals surface area contributed by atoms with Gasteiger partial charge < -0.3 is 15.0 Å². The van der Waals surface area contributed by atoms with Gasteiger partial charge in [-0.3, -0.25) is 10.1 Å². The van der Waals surface area contributed by atoms with Crippen molar-refractivity contribution in [1.82, 2.24) is 9.88 Å². The van der Waals surface area contributed by atoms with E-state index in [9.17, 15) is 10.1 Å². The fourth-order valence-corrected chi connectivity index (χ4v) is 3.68. The zero-order chi connectivity index (χ0) is 21.0. The van der Waals surface area contributed by atoms with Crippen LogP contribution in [-0.4, -0.2) is 47.6 Å². The Morgan fingerprint density at radius 1 is 1.03 bits per heavy atom. The Morgan fingerprint density at radius 3 is 2.53 bits per heavy atom. The van der Waals surface area contributed by atoms with Gasteiger partial charge in [-0.1, -0.05) is 18.6 Å². The fraction of sp³-hybridized carbons (Fsp3) is 0.522. The average molecular weight is 413 g/mol. The van der Waals surface area contributed by atoms with Crippen LogP contribution in [-0.2, 0) is 6.42 Å². The second-order valence-corrected chi connectivity index (χ2v) is 7.79. The maximum atomic E-state index is 10.6. The number of hydrogen-bond donors (Lipinski definition) is 1. The summed E-state index contributed by atoms with van der Waals surface area (Å²) in [5.74, 6) is 1.62. The van der Waals surface area contributed by atoms with E-state index in [0.717, 1.165) is 51.1 Å². The van der Waals surface area contributed by atoms with Crippen molar-refractivity contribution in [2.45, 2.75) is 44.9 Å². The Labute approximate surface area is 178 Å². The number of anilines is 1. The first-order chi connectivity index (χ1) is 14.7. The molecule has 0 amide bonds. The van der Waals surface area contributed by atoms with Gasteiger partial charge in [0.25, 0.3) is 5.69 Å². The third-order valence-electron chi connectivity index (χ3n) is 5.42. The third kappa shape index (κ3) is 7.63. The number of benzene rings is 1. The predicted molar refractivity (Wildman–Crippen MR) is 119 cm³/mol. The highest BCUT2D eigenvalue weighted by atomic mass is 16.6. The standard InChI is InChI=1S/C23H32N4O3/c28-27(29)21-10-13-23(25-19-21)24-14-3-2-7-20-8-11-22(12-9-20)30-18-6-17-26-15-4-1-5-16-26/h8-13,19H,1-7,14-18H2,(H,24,25). The number of nitrogens with zero attached hydrogens (tertiary/aromatic N) is 3. The molecule has 2 heterocycles. The van der Waals surface area contributed by atoms with Crippen LogP contribution in [0.3, 0.4) is 0 Å². The molecule has 1 aromatic heterocycles. The largest absolute Gasteiger partial charge is 0.494 e. The summed E-state index contributed by atoms with van der Waals surface area (Å²) >= 11 is 0. The van der Waals surface area contributed by atoms with Crippen LogP contribution in [0.4, 0.5) is 11.5 Å². The van der Waals surface area contributed by atoms with E-state index in [4.69, 9.17) is 4.74 Å². The molecule has 0 unspecified atom stereocenters. The summed E-state index contributed by atoms with van der Waals surface area (Å²) in [6.07, 6.45) is 9.51. The van der Waals surface area contributed by atoms with Gasteiger partial charge in [-0.2, -0.15) is 0 Å². The van der Waals surface area contributed by atoms with E-state index in [0.29, 0.717) is 5.82 Å². The molecule has 30 heavy (non-hydrogen) atoms. The number of rotatable bonds is 12. The summed E-state index contributed by atoms with van der Waals surface area (Å²) in [5.41, 5.74) is 1.32. The number of likely N-dealkylation sites (tertiary alicyclic amines) is 1. The van der Waals surface area contributed by atoms with E-state index in [1.807, 2.05) is 0 Å². The average Bonchev–Trinajstić information content (AvgIpc) is 2.78. The number of nitrogens with one attached hydrogen (secondary N) is 1. The lowest BCUT2D eigenvalue weighted by atomic mass is 10.1. The number of pyridine rings is 1. The molecule has 3 rings (SSSR count). The first-order valence-corrected chi connectivity index (χ1v) is 11.0. The second-order valence-electron chi connectivity index (χ2n) is 7.79. The predicted octanol–water partition coefficient (Wildman–Crippen LogP) is 4.68. The first-order valence-electron chi connectivity index (χ1n) is 11.0. The molecule has 1 aromatic carbocycles. The quantitative estimate of drug-likeness (QED) is 0.310.